The topological polar surface area (TPSA) is 54.3 Å². The summed E-state index contributed by atoms with van der Waals surface area (Å²) in [5.74, 6) is 0.702. The lowest BCUT2D eigenvalue weighted by Gasteiger charge is -2.11. The molecular weight excluding hydrogens is 192 g/mol. The monoisotopic (exact) mass is 208 g/mol. The molecule has 0 bridgehead atoms. The molecule has 15 heavy (non-hydrogen) atoms. The number of furan rings is 1. The van der Waals surface area contributed by atoms with Gasteiger partial charge in [0.25, 0.3) is 0 Å². The fraction of sp³-hybridized carbons (Fsp3) is 0.364. The van der Waals surface area contributed by atoms with E-state index in [-0.39, 0.29) is 18.5 Å². The highest BCUT2D eigenvalue weighted by molar-refractivity contribution is 5.78. The first-order chi connectivity index (χ1) is 7.24. The number of amides is 1. The van der Waals surface area contributed by atoms with Crippen LogP contribution >= 0.6 is 0 Å². The summed E-state index contributed by atoms with van der Waals surface area (Å²) in [6, 6.07) is 3.54. The quantitative estimate of drug-likeness (QED) is 0.546. The standard InChI is InChI=1S/C11H16N2O2/c1-3-6-12-8-11(14)13-9(2)10-5-4-7-15-10/h3-5,7,9,12H,1,6,8H2,2H3,(H,13,14)/t9-/m0/s1. The minimum Gasteiger partial charge on any atom is -0.467 e. The van der Waals surface area contributed by atoms with Gasteiger partial charge in [0.2, 0.25) is 5.91 Å². The Hall–Kier alpha value is -1.55. The summed E-state index contributed by atoms with van der Waals surface area (Å²) in [7, 11) is 0. The van der Waals surface area contributed by atoms with Gasteiger partial charge >= 0.3 is 0 Å². The molecule has 0 aliphatic carbocycles. The number of hydrogen-bond donors (Lipinski definition) is 2. The molecule has 2 N–H and O–H groups in total. The molecule has 82 valence electrons. The fourth-order valence-corrected chi connectivity index (χ4v) is 1.19. The third kappa shape index (κ3) is 3.99. The van der Waals surface area contributed by atoms with Crippen LogP contribution in [-0.4, -0.2) is 19.0 Å². The van der Waals surface area contributed by atoms with E-state index in [2.05, 4.69) is 17.2 Å². The molecule has 0 fully saturated rings. The maximum Gasteiger partial charge on any atom is 0.234 e. The molecule has 0 aliphatic rings. The normalized spacial score (nSPS) is 12.1. The van der Waals surface area contributed by atoms with Crippen LogP contribution in [0.15, 0.2) is 35.5 Å². The van der Waals surface area contributed by atoms with E-state index in [4.69, 9.17) is 4.42 Å². The second-order valence-electron chi connectivity index (χ2n) is 3.22. The lowest BCUT2D eigenvalue weighted by molar-refractivity contribution is -0.120. The Kier molecular flexibility index (Phi) is 4.63. The van der Waals surface area contributed by atoms with Gasteiger partial charge in [0.15, 0.2) is 0 Å². The molecule has 1 aromatic heterocycles. The van der Waals surface area contributed by atoms with Gasteiger partial charge in [-0.2, -0.15) is 0 Å². The first-order valence-electron chi connectivity index (χ1n) is 4.88. The molecule has 4 nitrogen and oxygen atoms in total. The second kappa shape index (κ2) is 6.03. The lowest BCUT2D eigenvalue weighted by Crippen LogP contribution is -2.35. The molecule has 1 atom stereocenters. The van der Waals surface area contributed by atoms with E-state index in [9.17, 15) is 4.79 Å². The summed E-state index contributed by atoms with van der Waals surface area (Å²) in [6.45, 7) is 6.35. The van der Waals surface area contributed by atoms with Gasteiger partial charge in [0.05, 0.1) is 18.8 Å². The van der Waals surface area contributed by atoms with Gasteiger partial charge in [-0.25, -0.2) is 0 Å². The number of rotatable bonds is 6. The van der Waals surface area contributed by atoms with Crippen molar-refractivity contribution in [3.05, 3.63) is 36.8 Å². The lowest BCUT2D eigenvalue weighted by atomic mass is 10.2. The predicted molar refractivity (Wildman–Crippen MR) is 58.3 cm³/mol. The Bertz CT molecular complexity index is 306. The fourth-order valence-electron chi connectivity index (χ4n) is 1.19. The molecule has 0 unspecified atom stereocenters. The van der Waals surface area contributed by atoms with E-state index in [0.29, 0.717) is 6.54 Å². The molecule has 0 aliphatic heterocycles. The molecule has 4 heteroatoms. The number of hydrogen-bond acceptors (Lipinski definition) is 3. The zero-order chi connectivity index (χ0) is 11.1. The molecular formula is C11H16N2O2. The number of nitrogens with one attached hydrogen (secondary N) is 2. The van der Waals surface area contributed by atoms with Crippen LogP contribution in [0, 0.1) is 0 Å². The summed E-state index contributed by atoms with van der Waals surface area (Å²) >= 11 is 0. The first-order valence-corrected chi connectivity index (χ1v) is 4.88. The predicted octanol–water partition coefficient (Wildman–Crippen LogP) is 1.23. The van der Waals surface area contributed by atoms with Crippen molar-refractivity contribution in [3.8, 4) is 0 Å². The van der Waals surface area contributed by atoms with Crippen molar-refractivity contribution in [1.29, 1.82) is 0 Å². The average Bonchev–Trinajstić information content (AvgIpc) is 2.70. The van der Waals surface area contributed by atoms with Crippen molar-refractivity contribution < 1.29 is 9.21 Å². The maximum atomic E-state index is 11.4. The largest absolute Gasteiger partial charge is 0.467 e. The van der Waals surface area contributed by atoms with Crippen LogP contribution in [0.25, 0.3) is 0 Å². The van der Waals surface area contributed by atoms with E-state index in [1.807, 2.05) is 13.0 Å². The van der Waals surface area contributed by atoms with Crippen molar-refractivity contribution in [1.82, 2.24) is 10.6 Å². The number of carbonyl (C=O) groups is 1. The summed E-state index contributed by atoms with van der Waals surface area (Å²) in [5.41, 5.74) is 0. The molecule has 0 saturated carbocycles. The van der Waals surface area contributed by atoms with Crippen LogP contribution in [0.4, 0.5) is 0 Å². The van der Waals surface area contributed by atoms with E-state index < -0.39 is 0 Å². The third-order valence-electron chi connectivity index (χ3n) is 1.92. The van der Waals surface area contributed by atoms with Crippen molar-refractivity contribution >= 4 is 5.91 Å². The van der Waals surface area contributed by atoms with Crippen molar-refractivity contribution in [2.45, 2.75) is 13.0 Å². The molecule has 1 heterocycles. The molecule has 1 aromatic rings. The van der Waals surface area contributed by atoms with Crippen LogP contribution in [-0.2, 0) is 4.79 Å². The third-order valence-corrected chi connectivity index (χ3v) is 1.92. The molecule has 0 saturated heterocycles. The highest BCUT2D eigenvalue weighted by atomic mass is 16.3. The van der Waals surface area contributed by atoms with Crippen LogP contribution in [0.1, 0.15) is 18.7 Å². The molecule has 1 amide bonds. The minimum atomic E-state index is -0.0990. The highest BCUT2D eigenvalue weighted by Crippen LogP contribution is 2.11. The second-order valence-corrected chi connectivity index (χ2v) is 3.22. The first kappa shape index (κ1) is 11.5. The summed E-state index contributed by atoms with van der Waals surface area (Å²) in [6.07, 6.45) is 3.30. The summed E-state index contributed by atoms with van der Waals surface area (Å²) in [5, 5.41) is 5.74. The van der Waals surface area contributed by atoms with Gasteiger partial charge in [0, 0.05) is 6.54 Å². The highest BCUT2D eigenvalue weighted by Gasteiger charge is 2.10. The van der Waals surface area contributed by atoms with E-state index in [1.165, 1.54) is 0 Å². The Labute approximate surface area is 89.4 Å². The Balaban J connectivity index is 2.28. The van der Waals surface area contributed by atoms with Gasteiger partial charge in [-0.15, -0.1) is 6.58 Å². The summed E-state index contributed by atoms with van der Waals surface area (Å²) < 4.78 is 5.17. The zero-order valence-corrected chi connectivity index (χ0v) is 8.82. The van der Waals surface area contributed by atoms with E-state index in [0.717, 1.165) is 5.76 Å². The number of carbonyl (C=O) groups excluding carboxylic acids is 1. The SMILES string of the molecule is C=CCNCC(=O)N[C@@H](C)c1ccco1. The van der Waals surface area contributed by atoms with E-state index >= 15 is 0 Å². The molecule has 1 rings (SSSR count). The molecule has 0 spiro atoms. The Morgan fingerprint density at radius 3 is 3.13 bits per heavy atom. The smallest absolute Gasteiger partial charge is 0.234 e. The summed E-state index contributed by atoms with van der Waals surface area (Å²) in [4.78, 5) is 11.4. The van der Waals surface area contributed by atoms with E-state index in [1.54, 1.807) is 18.4 Å². The maximum absolute atomic E-state index is 11.4. The molecule has 0 aromatic carbocycles. The Morgan fingerprint density at radius 2 is 2.53 bits per heavy atom. The molecule has 0 radical (unpaired) electrons. The van der Waals surface area contributed by atoms with Crippen LogP contribution in [0.2, 0.25) is 0 Å². The van der Waals surface area contributed by atoms with Gasteiger partial charge in [0.1, 0.15) is 5.76 Å². The van der Waals surface area contributed by atoms with Crippen LogP contribution in [0.3, 0.4) is 0 Å². The Morgan fingerprint density at radius 1 is 1.73 bits per heavy atom. The van der Waals surface area contributed by atoms with Crippen LogP contribution in [0.5, 0.6) is 0 Å². The van der Waals surface area contributed by atoms with Crippen molar-refractivity contribution in [2.75, 3.05) is 13.1 Å². The average molecular weight is 208 g/mol. The van der Waals surface area contributed by atoms with Crippen molar-refractivity contribution in [2.24, 2.45) is 0 Å². The van der Waals surface area contributed by atoms with Gasteiger partial charge in [-0.05, 0) is 19.1 Å². The van der Waals surface area contributed by atoms with Crippen LogP contribution < -0.4 is 10.6 Å². The van der Waals surface area contributed by atoms with Crippen molar-refractivity contribution in [3.63, 3.8) is 0 Å². The minimum absolute atomic E-state index is 0.0549. The van der Waals surface area contributed by atoms with Gasteiger partial charge in [-0.3, -0.25) is 4.79 Å². The van der Waals surface area contributed by atoms with Gasteiger partial charge in [-0.1, -0.05) is 6.08 Å². The zero-order valence-electron chi connectivity index (χ0n) is 8.82. The van der Waals surface area contributed by atoms with Gasteiger partial charge < -0.3 is 15.1 Å².